The maximum Gasteiger partial charge on any atom is 0.0702 e. The van der Waals surface area contributed by atoms with Crippen LogP contribution in [-0.4, -0.2) is 9.97 Å². The summed E-state index contributed by atoms with van der Waals surface area (Å²) in [6.45, 7) is 0. The van der Waals surface area contributed by atoms with E-state index in [0.717, 1.165) is 5.52 Å². The Kier molecular flexibility index (Phi) is 2.73. The van der Waals surface area contributed by atoms with Crippen molar-refractivity contribution in [2.75, 3.05) is 0 Å². The predicted molar refractivity (Wildman–Crippen MR) is 80.7 cm³/mol. The number of benzene rings is 1. The molecular weight excluding hydrogens is 244 g/mol. The Morgan fingerprint density at radius 3 is 2.50 bits per heavy atom. The molecule has 1 saturated carbocycles. The van der Waals surface area contributed by atoms with Crippen molar-refractivity contribution >= 4 is 10.9 Å². The topological polar surface area (TPSA) is 25.8 Å². The zero-order chi connectivity index (χ0) is 13.4. The van der Waals surface area contributed by atoms with Gasteiger partial charge < -0.3 is 0 Å². The Balaban J connectivity index is 1.69. The van der Waals surface area contributed by atoms with Gasteiger partial charge >= 0.3 is 0 Å². The molecule has 4 rings (SSSR count). The van der Waals surface area contributed by atoms with E-state index in [2.05, 4.69) is 46.4 Å². The number of pyridine rings is 2. The van der Waals surface area contributed by atoms with Gasteiger partial charge in [-0.1, -0.05) is 18.2 Å². The van der Waals surface area contributed by atoms with Crippen LogP contribution in [0.15, 0.2) is 60.9 Å². The number of hydrogen-bond acceptors (Lipinski definition) is 2. The van der Waals surface area contributed by atoms with E-state index in [0.29, 0.717) is 11.8 Å². The van der Waals surface area contributed by atoms with Crippen LogP contribution in [0.1, 0.15) is 35.9 Å². The van der Waals surface area contributed by atoms with Gasteiger partial charge in [-0.05, 0) is 54.7 Å². The van der Waals surface area contributed by atoms with Crippen LogP contribution in [0.25, 0.3) is 10.9 Å². The maximum atomic E-state index is 4.53. The highest BCUT2D eigenvalue weighted by Gasteiger charge is 2.34. The highest BCUT2D eigenvalue weighted by atomic mass is 14.7. The van der Waals surface area contributed by atoms with Gasteiger partial charge in [0.15, 0.2) is 0 Å². The van der Waals surface area contributed by atoms with Crippen LogP contribution in [0.3, 0.4) is 0 Å². The van der Waals surface area contributed by atoms with Crippen molar-refractivity contribution in [3.63, 3.8) is 0 Å². The third-order valence-electron chi connectivity index (χ3n) is 4.40. The van der Waals surface area contributed by atoms with Crippen molar-refractivity contribution in [2.45, 2.75) is 24.7 Å². The van der Waals surface area contributed by atoms with Crippen molar-refractivity contribution in [3.8, 4) is 0 Å². The summed E-state index contributed by atoms with van der Waals surface area (Å²) < 4.78 is 0. The third-order valence-corrected chi connectivity index (χ3v) is 4.40. The Bertz CT molecular complexity index is 737. The minimum Gasteiger partial charge on any atom is -0.261 e. The summed E-state index contributed by atoms with van der Waals surface area (Å²) in [5.74, 6) is 1.18. The average Bonchev–Trinajstić information content (AvgIpc) is 2.47. The largest absolute Gasteiger partial charge is 0.261 e. The molecule has 0 N–H and O–H groups in total. The number of fused-ring (bicyclic) bond motifs is 1. The first-order valence-electron chi connectivity index (χ1n) is 7.17. The second-order valence-corrected chi connectivity index (χ2v) is 5.50. The van der Waals surface area contributed by atoms with E-state index in [-0.39, 0.29) is 0 Å². The average molecular weight is 260 g/mol. The smallest absolute Gasteiger partial charge is 0.0702 e. The third kappa shape index (κ3) is 1.88. The van der Waals surface area contributed by atoms with E-state index < -0.39 is 0 Å². The maximum absolute atomic E-state index is 4.53. The summed E-state index contributed by atoms with van der Waals surface area (Å²) in [5.41, 5.74) is 3.73. The number of aromatic nitrogens is 2. The molecule has 1 aliphatic rings. The molecule has 2 unspecified atom stereocenters. The molecule has 0 radical (unpaired) electrons. The van der Waals surface area contributed by atoms with Crippen molar-refractivity contribution < 1.29 is 0 Å². The standard InChI is InChI=1S/C18H16N2/c1-2-10-20-18(5-1)16-8-7-15(16)13-6-9-17-14(12-13)4-3-11-19-17/h1-6,9-12,15-16H,7-8H2. The van der Waals surface area contributed by atoms with Crippen molar-refractivity contribution in [1.29, 1.82) is 0 Å². The SMILES string of the molecule is c1ccc(C2CCC2c2ccc3ncccc3c2)nc1. The predicted octanol–water partition coefficient (Wildman–Crippen LogP) is 4.29. The summed E-state index contributed by atoms with van der Waals surface area (Å²) in [5, 5.41) is 1.23. The molecule has 0 spiro atoms. The molecule has 2 heteroatoms. The minimum atomic E-state index is 0.574. The van der Waals surface area contributed by atoms with E-state index in [1.54, 1.807) is 0 Å². The van der Waals surface area contributed by atoms with Gasteiger partial charge in [-0.3, -0.25) is 9.97 Å². The first-order chi connectivity index (χ1) is 9.92. The van der Waals surface area contributed by atoms with Crippen LogP contribution in [0.2, 0.25) is 0 Å². The summed E-state index contributed by atoms with van der Waals surface area (Å²) in [4.78, 5) is 8.92. The lowest BCUT2D eigenvalue weighted by Crippen LogP contribution is -2.22. The minimum absolute atomic E-state index is 0.574. The van der Waals surface area contributed by atoms with E-state index in [1.165, 1.54) is 29.5 Å². The molecule has 20 heavy (non-hydrogen) atoms. The van der Waals surface area contributed by atoms with Crippen molar-refractivity contribution in [1.82, 2.24) is 9.97 Å². The van der Waals surface area contributed by atoms with Gasteiger partial charge in [-0.2, -0.15) is 0 Å². The molecule has 0 amide bonds. The number of rotatable bonds is 2. The molecule has 0 aliphatic heterocycles. The molecule has 3 aromatic rings. The van der Waals surface area contributed by atoms with Gasteiger partial charge in [0.05, 0.1) is 5.52 Å². The van der Waals surface area contributed by atoms with Gasteiger partial charge in [0.2, 0.25) is 0 Å². The fourth-order valence-corrected chi connectivity index (χ4v) is 3.17. The zero-order valence-electron chi connectivity index (χ0n) is 11.2. The Labute approximate surface area is 118 Å². The monoisotopic (exact) mass is 260 g/mol. The first kappa shape index (κ1) is 11.6. The van der Waals surface area contributed by atoms with Gasteiger partial charge in [-0.15, -0.1) is 0 Å². The molecule has 98 valence electrons. The molecular formula is C18H16N2. The zero-order valence-corrected chi connectivity index (χ0v) is 11.2. The molecule has 1 aliphatic carbocycles. The molecule has 2 nitrogen and oxygen atoms in total. The Morgan fingerprint density at radius 2 is 1.70 bits per heavy atom. The fourth-order valence-electron chi connectivity index (χ4n) is 3.17. The summed E-state index contributed by atoms with van der Waals surface area (Å²) in [6.07, 6.45) is 6.25. The van der Waals surface area contributed by atoms with E-state index in [4.69, 9.17) is 0 Å². The van der Waals surface area contributed by atoms with Gasteiger partial charge in [0.25, 0.3) is 0 Å². The summed E-state index contributed by atoms with van der Waals surface area (Å²) in [7, 11) is 0. The van der Waals surface area contributed by atoms with E-state index in [9.17, 15) is 0 Å². The lowest BCUT2D eigenvalue weighted by Gasteiger charge is -2.36. The van der Waals surface area contributed by atoms with Crippen LogP contribution in [0, 0.1) is 0 Å². The first-order valence-corrected chi connectivity index (χ1v) is 7.17. The molecule has 1 aromatic carbocycles. The van der Waals surface area contributed by atoms with Gasteiger partial charge in [0.1, 0.15) is 0 Å². The van der Waals surface area contributed by atoms with E-state index >= 15 is 0 Å². The molecule has 2 aromatic heterocycles. The van der Waals surface area contributed by atoms with Crippen molar-refractivity contribution in [3.05, 3.63) is 72.2 Å². The highest BCUT2D eigenvalue weighted by molar-refractivity contribution is 5.79. The van der Waals surface area contributed by atoms with Crippen LogP contribution >= 0.6 is 0 Å². The number of hydrogen-bond donors (Lipinski definition) is 0. The summed E-state index contributed by atoms with van der Waals surface area (Å²) >= 11 is 0. The quantitative estimate of drug-likeness (QED) is 0.687. The Morgan fingerprint density at radius 1 is 0.800 bits per heavy atom. The lowest BCUT2D eigenvalue weighted by atomic mass is 9.68. The molecule has 0 bridgehead atoms. The highest BCUT2D eigenvalue weighted by Crippen LogP contribution is 2.48. The van der Waals surface area contributed by atoms with Crippen molar-refractivity contribution in [2.24, 2.45) is 0 Å². The number of nitrogens with zero attached hydrogens (tertiary/aromatic N) is 2. The second kappa shape index (κ2) is 4.71. The van der Waals surface area contributed by atoms with E-state index in [1.807, 2.05) is 24.5 Å². The lowest BCUT2D eigenvalue weighted by molar-refractivity contribution is 0.340. The molecule has 1 fully saturated rings. The van der Waals surface area contributed by atoms with Crippen LogP contribution < -0.4 is 0 Å². The Hall–Kier alpha value is -2.22. The van der Waals surface area contributed by atoms with Crippen LogP contribution in [-0.2, 0) is 0 Å². The van der Waals surface area contributed by atoms with Crippen LogP contribution in [0.5, 0.6) is 0 Å². The fraction of sp³-hybridized carbons (Fsp3) is 0.222. The normalized spacial score (nSPS) is 21.6. The second-order valence-electron chi connectivity index (χ2n) is 5.50. The molecule has 2 atom stereocenters. The van der Waals surface area contributed by atoms with Gasteiger partial charge in [0, 0.05) is 29.4 Å². The summed E-state index contributed by atoms with van der Waals surface area (Å²) in [6, 6.07) is 17.0. The van der Waals surface area contributed by atoms with Gasteiger partial charge in [-0.25, -0.2) is 0 Å². The molecule has 0 saturated heterocycles. The molecule has 2 heterocycles. The van der Waals surface area contributed by atoms with Crippen LogP contribution in [0.4, 0.5) is 0 Å².